The number of nitrogens with one attached hydrogen (secondary N) is 1. The SMILES string of the molecule is CCOP(=O)(N[C@@H](C)C(=O)O)Oc1c(F)c(F)c(F)c(F)c1F. The van der Waals surface area contributed by atoms with E-state index >= 15 is 0 Å². The van der Waals surface area contributed by atoms with Crippen molar-refractivity contribution in [2.75, 3.05) is 6.61 Å². The van der Waals surface area contributed by atoms with Crippen molar-refractivity contribution in [3.8, 4) is 5.75 Å². The summed E-state index contributed by atoms with van der Waals surface area (Å²) < 4.78 is 87.1. The van der Waals surface area contributed by atoms with Crippen LogP contribution in [0.2, 0.25) is 0 Å². The van der Waals surface area contributed by atoms with E-state index in [2.05, 4.69) is 9.05 Å². The molecule has 0 fully saturated rings. The number of carbonyl (C=O) groups is 1. The third kappa shape index (κ3) is 4.18. The standard InChI is InChI=1S/C11H11F5NO5P/c1-3-21-23(20,17-4(2)11(18)19)22-10-8(15)6(13)5(12)7(14)9(10)16/h4H,3H2,1-2H3,(H,17,20)(H,18,19)/t4-,23?/m0/s1. The molecule has 1 unspecified atom stereocenters. The van der Waals surface area contributed by atoms with Crippen LogP contribution in [0.5, 0.6) is 5.75 Å². The van der Waals surface area contributed by atoms with Gasteiger partial charge in [-0.25, -0.2) is 17.7 Å². The van der Waals surface area contributed by atoms with Crippen LogP contribution in [-0.2, 0) is 13.9 Å². The first kappa shape index (κ1) is 19.3. The van der Waals surface area contributed by atoms with Gasteiger partial charge in [0.05, 0.1) is 6.61 Å². The highest BCUT2D eigenvalue weighted by Gasteiger charge is 2.36. The van der Waals surface area contributed by atoms with Crippen molar-refractivity contribution in [3.63, 3.8) is 0 Å². The second-order valence-electron chi connectivity index (χ2n) is 4.09. The van der Waals surface area contributed by atoms with E-state index in [0.29, 0.717) is 0 Å². The number of carboxylic acids is 1. The van der Waals surface area contributed by atoms with Crippen LogP contribution in [0.4, 0.5) is 22.0 Å². The third-order valence-electron chi connectivity index (χ3n) is 2.40. The number of benzene rings is 1. The average Bonchev–Trinajstić information content (AvgIpc) is 2.47. The first-order valence-corrected chi connectivity index (χ1v) is 7.54. The van der Waals surface area contributed by atoms with E-state index in [1.807, 2.05) is 0 Å². The number of rotatable bonds is 7. The number of aliphatic carboxylic acids is 1. The fraction of sp³-hybridized carbons (Fsp3) is 0.364. The lowest BCUT2D eigenvalue weighted by molar-refractivity contribution is -0.138. The zero-order valence-corrected chi connectivity index (χ0v) is 12.6. The van der Waals surface area contributed by atoms with Gasteiger partial charge in [-0.15, -0.1) is 0 Å². The van der Waals surface area contributed by atoms with Gasteiger partial charge in [0.15, 0.2) is 0 Å². The zero-order valence-electron chi connectivity index (χ0n) is 11.7. The van der Waals surface area contributed by atoms with E-state index in [1.54, 1.807) is 5.09 Å². The van der Waals surface area contributed by atoms with Gasteiger partial charge in [0, 0.05) is 0 Å². The molecular weight excluding hydrogens is 352 g/mol. The number of halogens is 5. The molecule has 12 heteroatoms. The number of hydrogen-bond acceptors (Lipinski definition) is 4. The van der Waals surface area contributed by atoms with E-state index in [1.165, 1.54) is 6.92 Å². The molecular formula is C11H11F5NO5P. The molecule has 0 radical (unpaired) electrons. The summed E-state index contributed by atoms with van der Waals surface area (Å²) in [6.07, 6.45) is 0. The maximum atomic E-state index is 13.5. The van der Waals surface area contributed by atoms with Gasteiger partial charge in [-0.2, -0.15) is 13.9 Å². The van der Waals surface area contributed by atoms with Gasteiger partial charge in [0.1, 0.15) is 6.04 Å². The molecule has 6 nitrogen and oxygen atoms in total. The van der Waals surface area contributed by atoms with Gasteiger partial charge in [-0.05, 0) is 13.8 Å². The van der Waals surface area contributed by atoms with Crippen molar-refractivity contribution in [2.45, 2.75) is 19.9 Å². The van der Waals surface area contributed by atoms with E-state index in [4.69, 9.17) is 5.11 Å². The summed E-state index contributed by atoms with van der Waals surface area (Å²) in [4.78, 5) is 10.7. The summed E-state index contributed by atoms with van der Waals surface area (Å²) in [5.74, 6) is -15.2. The maximum Gasteiger partial charge on any atom is 0.459 e. The van der Waals surface area contributed by atoms with Crippen molar-refractivity contribution in [1.29, 1.82) is 0 Å². The van der Waals surface area contributed by atoms with Crippen molar-refractivity contribution in [2.24, 2.45) is 0 Å². The third-order valence-corrected chi connectivity index (χ3v) is 4.13. The number of hydrogen-bond donors (Lipinski definition) is 2. The van der Waals surface area contributed by atoms with Crippen LogP contribution in [0.3, 0.4) is 0 Å². The molecule has 0 aliphatic heterocycles. The molecule has 1 aromatic rings. The summed E-state index contributed by atoms with van der Waals surface area (Å²) in [6.45, 7) is 1.91. The summed E-state index contributed by atoms with van der Waals surface area (Å²) in [5, 5.41) is 10.5. The molecule has 0 heterocycles. The Bertz CT molecular complexity index is 642. The number of carboxylic acid groups (broad SMARTS) is 1. The highest BCUT2D eigenvalue weighted by Crippen LogP contribution is 2.47. The van der Waals surface area contributed by atoms with Crippen LogP contribution in [0.15, 0.2) is 0 Å². The van der Waals surface area contributed by atoms with E-state index in [0.717, 1.165) is 6.92 Å². The van der Waals surface area contributed by atoms with E-state index in [-0.39, 0.29) is 6.61 Å². The molecule has 2 N–H and O–H groups in total. The maximum absolute atomic E-state index is 13.5. The Balaban J connectivity index is 3.30. The fourth-order valence-corrected chi connectivity index (χ4v) is 2.84. The first-order valence-electron chi connectivity index (χ1n) is 6.00. The normalized spacial score (nSPS) is 15.1. The van der Waals surface area contributed by atoms with E-state index < -0.39 is 54.6 Å². The molecule has 0 spiro atoms. The minimum absolute atomic E-state index is 0.369. The Morgan fingerprint density at radius 1 is 1.13 bits per heavy atom. The second kappa shape index (κ2) is 7.24. The molecule has 1 aromatic carbocycles. The van der Waals surface area contributed by atoms with Crippen molar-refractivity contribution in [1.82, 2.24) is 5.09 Å². The van der Waals surface area contributed by atoms with Crippen LogP contribution >= 0.6 is 7.75 Å². The predicted octanol–water partition coefficient (Wildman–Crippen LogP) is 2.97. The topological polar surface area (TPSA) is 84.9 Å². The van der Waals surface area contributed by atoms with Crippen molar-refractivity contribution >= 4 is 13.7 Å². The lowest BCUT2D eigenvalue weighted by Crippen LogP contribution is -2.33. The van der Waals surface area contributed by atoms with Gasteiger partial charge in [-0.1, -0.05) is 0 Å². The van der Waals surface area contributed by atoms with Crippen LogP contribution in [0.1, 0.15) is 13.8 Å². The molecule has 0 bridgehead atoms. The monoisotopic (exact) mass is 363 g/mol. The molecule has 0 saturated carbocycles. The Labute approximate surface area is 126 Å². The molecule has 0 aliphatic carbocycles. The van der Waals surface area contributed by atoms with Crippen molar-refractivity contribution < 1.29 is 45.5 Å². The summed E-state index contributed by atoms with van der Waals surface area (Å²) in [6, 6.07) is -1.56. The highest BCUT2D eigenvalue weighted by molar-refractivity contribution is 7.52. The zero-order chi connectivity index (χ0) is 17.9. The Kier molecular flexibility index (Phi) is 6.09. The molecule has 130 valence electrons. The molecule has 1 rings (SSSR count). The second-order valence-corrected chi connectivity index (χ2v) is 5.79. The van der Waals surface area contributed by atoms with Crippen molar-refractivity contribution in [3.05, 3.63) is 29.1 Å². The molecule has 23 heavy (non-hydrogen) atoms. The first-order chi connectivity index (χ1) is 10.5. The largest absolute Gasteiger partial charge is 0.480 e. The molecule has 2 atom stereocenters. The molecule has 0 amide bonds. The van der Waals surface area contributed by atoms with Crippen LogP contribution in [0.25, 0.3) is 0 Å². The fourth-order valence-electron chi connectivity index (χ4n) is 1.34. The van der Waals surface area contributed by atoms with E-state index in [9.17, 15) is 31.3 Å². The minimum atomic E-state index is -4.73. The molecule has 0 aromatic heterocycles. The lowest BCUT2D eigenvalue weighted by Gasteiger charge is -2.21. The highest BCUT2D eigenvalue weighted by atomic mass is 31.2. The quantitative estimate of drug-likeness (QED) is 0.335. The summed E-state index contributed by atoms with van der Waals surface area (Å²) in [7, 11) is -4.73. The smallest absolute Gasteiger partial charge is 0.459 e. The van der Waals surface area contributed by atoms with Crippen LogP contribution in [-0.4, -0.2) is 23.7 Å². The molecule has 0 aliphatic rings. The van der Waals surface area contributed by atoms with Gasteiger partial charge >= 0.3 is 13.7 Å². The molecule has 0 saturated heterocycles. The lowest BCUT2D eigenvalue weighted by atomic mass is 10.3. The van der Waals surface area contributed by atoms with Gasteiger partial charge in [0.2, 0.25) is 34.8 Å². The Hall–Kier alpha value is -1.71. The average molecular weight is 363 g/mol. The van der Waals surface area contributed by atoms with Crippen LogP contribution < -0.4 is 9.61 Å². The van der Waals surface area contributed by atoms with Gasteiger partial charge in [0.25, 0.3) is 0 Å². The van der Waals surface area contributed by atoms with Gasteiger partial charge in [-0.3, -0.25) is 9.32 Å². The minimum Gasteiger partial charge on any atom is -0.480 e. The van der Waals surface area contributed by atoms with Gasteiger partial charge < -0.3 is 9.63 Å². The van der Waals surface area contributed by atoms with Crippen LogP contribution in [0, 0.1) is 29.1 Å². The summed E-state index contributed by atoms with van der Waals surface area (Å²) >= 11 is 0. The predicted molar refractivity (Wildman–Crippen MR) is 66.3 cm³/mol. The summed E-state index contributed by atoms with van der Waals surface area (Å²) in [5.41, 5.74) is 0. The Morgan fingerprint density at radius 3 is 1.96 bits per heavy atom. The Morgan fingerprint density at radius 2 is 1.57 bits per heavy atom.